The molecule has 0 bridgehead atoms. The van der Waals surface area contributed by atoms with Crippen molar-refractivity contribution in [3.63, 3.8) is 0 Å². The smallest absolute Gasteiger partial charge is 0.312 e. The van der Waals surface area contributed by atoms with Crippen LogP contribution in [0.3, 0.4) is 0 Å². The van der Waals surface area contributed by atoms with Crippen molar-refractivity contribution in [1.82, 2.24) is 10.6 Å². The van der Waals surface area contributed by atoms with Crippen molar-refractivity contribution in [2.24, 2.45) is 11.7 Å². The van der Waals surface area contributed by atoms with Gasteiger partial charge in [0.15, 0.2) is 0 Å². The number of carbonyl (C=O) groups is 2. The Balaban J connectivity index is 2.63. The maximum absolute atomic E-state index is 12.2. The summed E-state index contributed by atoms with van der Waals surface area (Å²) in [6.07, 6.45) is 0.774. The average molecular weight is 306 g/mol. The molecule has 0 saturated carbocycles. The first-order chi connectivity index (χ1) is 10.3. The van der Waals surface area contributed by atoms with Gasteiger partial charge in [0.25, 0.3) is 0 Å². The summed E-state index contributed by atoms with van der Waals surface area (Å²) in [4.78, 5) is 25.3. The van der Waals surface area contributed by atoms with Crippen LogP contribution >= 0.6 is 0 Å². The van der Waals surface area contributed by atoms with Gasteiger partial charge in [-0.05, 0) is 23.6 Å². The quantitative estimate of drug-likeness (QED) is 0.712. The third-order valence-electron chi connectivity index (χ3n) is 3.71. The van der Waals surface area contributed by atoms with Crippen molar-refractivity contribution < 1.29 is 9.59 Å². The number of carbonyl (C=O) groups excluding carboxylic acids is 2. The first-order valence-electron chi connectivity index (χ1n) is 7.45. The van der Waals surface area contributed by atoms with E-state index in [0.29, 0.717) is 6.54 Å². The van der Waals surface area contributed by atoms with Gasteiger partial charge in [-0.2, -0.15) is 0 Å². The highest BCUT2D eigenvalue weighted by molar-refractivity contribution is 5.86. The molecule has 0 saturated heterocycles. The molecular weight excluding hydrogens is 280 g/mol. The fourth-order valence-electron chi connectivity index (χ4n) is 2.07. The maximum atomic E-state index is 12.2. The maximum Gasteiger partial charge on any atom is 0.312 e. The van der Waals surface area contributed by atoms with E-state index in [1.807, 2.05) is 57.1 Å². The molecule has 1 rings (SSSR count). The molecule has 0 aromatic heterocycles. The number of anilines is 1. The fourth-order valence-corrected chi connectivity index (χ4v) is 2.07. The van der Waals surface area contributed by atoms with Crippen LogP contribution in [0, 0.1) is 5.92 Å². The van der Waals surface area contributed by atoms with Crippen LogP contribution in [0.25, 0.3) is 0 Å². The highest BCUT2D eigenvalue weighted by atomic mass is 16.2. The average Bonchev–Trinajstić information content (AvgIpc) is 2.49. The molecule has 0 heterocycles. The third kappa shape index (κ3) is 5.27. The predicted molar refractivity (Wildman–Crippen MR) is 88.6 cm³/mol. The zero-order valence-corrected chi connectivity index (χ0v) is 13.7. The van der Waals surface area contributed by atoms with Gasteiger partial charge >= 0.3 is 6.03 Å². The molecule has 2 unspecified atom stereocenters. The molecular formula is C16H26N4O2. The predicted octanol–water partition coefficient (Wildman–Crippen LogP) is 1.45. The Morgan fingerprint density at radius 2 is 1.82 bits per heavy atom. The van der Waals surface area contributed by atoms with E-state index in [1.165, 1.54) is 0 Å². The van der Waals surface area contributed by atoms with E-state index < -0.39 is 12.1 Å². The van der Waals surface area contributed by atoms with Crippen LogP contribution in [0.1, 0.15) is 25.8 Å². The summed E-state index contributed by atoms with van der Waals surface area (Å²) in [5.41, 5.74) is 7.24. The van der Waals surface area contributed by atoms with E-state index in [9.17, 15) is 9.59 Å². The highest BCUT2D eigenvalue weighted by Gasteiger charge is 2.24. The Hall–Kier alpha value is -2.24. The molecule has 0 radical (unpaired) electrons. The lowest BCUT2D eigenvalue weighted by Gasteiger charge is -2.22. The van der Waals surface area contributed by atoms with E-state index in [4.69, 9.17) is 5.73 Å². The van der Waals surface area contributed by atoms with Crippen LogP contribution in [0.2, 0.25) is 0 Å². The summed E-state index contributed by atoms with van der Waals surface area (Å²) in [6.45, 7) is 4.29. The summed E-state index contributed by atoms with van der Waals surface area (Å²) in [5, 5.41) is 5.36. The molecule has 122 valence electrons. The Morgan fingerprint density at radius 3 is 2.27 bits per heavy atom. The van der Waals surface area contributed by atoms with Crippen molar-refractivity contribution in [2.45, 2.75) is 32.9 Å². The lowest BCUT2D eigenvalue weighted by atomic mass is 9.98. The number of rotatable bonds is 7. The number of primary amides is 1. The van der Waals surface area contributed by atoms with Crippen molar-refractivity contribution in [1.29, 1.82) is 0 Å². The molecule has 3 amide bonds. The number of nitrogens with zero attached hydrogens (tertiary/aromatic N) is 1. The van der Waals surface area contributed by atoms with Gasteiger partial charge in [0, 0.05) is 26.3 Å². The third-order valence-corrected chi connectivity index (χ3v) is 3.71. The van der Waals surface area contributed by atoms with Gasteiger partial charge in [0.05, 0.1) is 0 Å². The van der Waals surface area contributed by atoms with E-state index in [0.717, 1.165) is 17.7 Å². The second-order valence-corrected chi connectivity index (χ2v) is 5.65. The molecule has 0 fully saturated rings. The van der Waals surface area contributed by atoms with E-state index in [2.05, 4.69) is 10.6 Å². The molecule has 6 nitrogen and oxygen atoms in total. The number of benzene rings is 1. The van der Waals surface area contributed by atoms with Gasteiger partial charge < -0.3 is 21.3 Å². The largest absolute Gasteiger partial charge is 0.378 e. The monoisotopic (exact) mass is 306 g/mol. The number of nitrogens with two attached hydrogens (primary N) is 1. The number of hydrogen-bond acceptors (Lipinski definition) is 3. The van der Waals surface area contributed by atoms with Gasteiger partial charge in [-0.1, -0.05) is 32.4 Å². The summed E-state index contributed by atoms with van der Waals surface area (Å²) < 4.78 is 0. The van der Waals surface area contributed by atoms with Gasteiger partial charge in [-0.25, -0.2) is 4.79 Å². The van der Waals surface area contributed by atoms with Crippen LogP contribution < -0.4 is 21.3 Å². The number of hydrogen-bond donors (Lipinski definition) is 3. The lowest BCUT2D eigenvalue weighted by Crippen LogP contribution is -2.51. The van der Waals surface area contributed by atoms with E-state index >= 15 is 0 Å². The first-order valence-corrected chi connectivity index (χ1v) is 7.45. The molecule has 2 atom stereocenters. The summed E-state index contributed by atoms with van der Waals surface area (Å²) in [5.74, 6) is -0.201. The number of urea groups is 1. The summed E-state index contributed by atoms with van der Waals surface area (Å²) in [7, 11) is 3.95. The van der Waals surface area contributed by atoms with Crippen molar-refractivity contribution in [3.05, 3.63) is 29.8 Å². The van der Waals surface area contributed by atoms with Crippen LogP contribution in [0.5, 0.6) is 0 Å². The van der Waals surface area contributed by atoms with Gasteiger partial charge in [-0.3, -0.25) is 4.79 Å². The molecule has 0 aliphatic heterocycles. The molecule has 22 heavy (non-hydrogen) atoms. The van der Waals surface area contributed by atoms with Crippen molar-refractivity contribution in [3.8, 4) is 0 Å². The minimum atomic E-state index is -0.684. The zero-order valence-electron chi connectivity index (χ0n) is 13.7. The van der Waals surface area contributed by atoms with Crippen LogP contribution in [0.4, 0.5) is 10.5 Å². The lowest BCUT2D eigenvalue weighted by molar-refractivity contribution is -0.124. The first kappa shape index (κ1) is 17.8. The fraction of sp³-hybridized carbons (Fsp3) is 0.500. The molecule has 0 aliphatic rings. The Morgan fingerprint density at radius 1 is 1.23 bits per heavy atom. The standard InChI is InChI=1S/C16H26N4O2/c1-5-11(2)14(19-16(17)22)15(21)18-10-12-6-8-13(9-7-12)20(3)4/h6-9,11,14H,5,10H2,1-4H3,(H,18,21)(H3,17,19,22). The normalized spacial score (nSPS) is 13.1. The topological polar surface area (TPSA) is 87.5 Å². The molecule has 1 aromatic carbocycles. The molecule has 6 heteroatoms. The second kappa shape index (κ2) is 8.26. The van der Waals surface area contributed by atoms with E-state index in [1.54, 1.807) is 0 Å². The molecule has 0 aliphatic carbocycles. The SMILES string of the molecule is CCC(C)C(NC(N)=O)C(=O)NCc1ccc(N(C)C)cc1. The minimum Gasteiger partial charge on any atom is -0.378 e. The van der Waals surface area contributed by atoms with Crippen LogP contribution in [0.15, 0.2) is 24.3 Å². The minimum absolute atomic E-state index is 0.0172. The number of amides is 3. The molecule has 1 aromatic rings. The van der Waals surface area contributed by atoms with Gasteiger partial charge in [0.1, 0.15) is 6.04 Å². The van der Waals surface area contributed by atoms with Gasteiger partial charge in [-0.15, -0.1) is 0 Å². The second-order valence-electron chi connectivity index (χ2n) is 5.65. The van der Waals surface area contributed by atoms with Gasteiger partial charge in [0.2, 0.25) is 5.91 Å². The van der Waals surface area contributed by atoms with Crippen molar-refractivity contribution >= 4 is 17.6 Å². The van der Waals surface area contributed by atoms with E-state index in [-0.39, 0.29) is 11.8 Å². The zero-order chi connectivity index (χ0) is 16.7. The Labute approximate surface area is 132 Å². The number of nitrogens with one attached hydrogen (secondary N) is 2. The molecule has 4 N–H and O–H groups in total. The van der Waals surface area contributed by atoms with Crippen LogP contribution in [-0.2, 0) is 11.3 Å². The van der Waals surface area contributed by atoms with Crippen molar-refractivity contribution in [2.75, 3.05) is 19.0 Å². The molecule has 0 spiro atoms. The van der Waals surface area contributed by atoms with Crippen LogP contribution in [-0.4, -0.2) is 32.1 Å². The summed E-state index contributed by atoms with van der Waals surface area (Å²) >= 11 is 0. The highest BCUT2D eigenvalue weighted by Crippen LogP contribution is 2.12. The summed E-state index contributed by atoms with van der Waals surface area (Å²) in [6, 6.07) is 6.63. The Kier molecular flexibility index (Phi) is 6.69. The Bertz CT molecular complexity index is 499.